The predicted molar refractivity (Wildman–Crippen MR) is 66.4 cm³/mol. The highest BCUT2D eigenvalue weighted by atomic mass is 19.2. The molecule has 1 heterocycles. The van der Waals surface area contributed by atoms with Crippen LogP contribution in [0.25, 0.3) is 0 Å². The summed E-state index contributed by atoms with van der Waals surface area (Å²) in [6.07, 6.45) is 3.12. The van der Waals surface area contributed by atoms with E-state index in [1.54, 1.807) is 24.5 Å². The van der Waals surface area contributed by atoms with Crippen LogP contribution < -0.4 is 10.6 Å². The van der Waals surface area contributed by atoms with E-state index in [1.165, 1.54) is 0 Å². The predicted octanol–water partition coefficient (Wildman–Crippen LogP) is 2.82. The van der Waals surface area contributed by atoms with E-state index in [9.17, 15) is 18.0 Å². The lowest BCUT2D eigenvalue weighted by Gasteiger charge is -2.09. The number of carbonyl (C=O) groups excluding carboxylic acids is 1. The van der Waals surface area contributed by atoms with Crippen molar-refractivity contribution in [3.05, 3.63) is 59.7 Å². The summed E-state index contributed by atoms with van der Waals surface area (Å²) in [6.45, 7) is 0.194. The van der Waals surface area contributed by atoms with Crippen LogP contribution >= 0.6 is 0 Å². The highest BCUT2D eigenvalue weighted by molar-refractivity contribution is 5.89. The molecule has 0 aliphatic heterocycles. The molecule has 0 radical (unpaired) electrons. The number of urea groups is 1. The number of hydrogen-bond acceptors (Lipinski definition) is 2. The van der Waals surface area contributed by atoms with Crippen LogP contribution in [-0.2, 0) is 6.54 Å². The maximum Gasteiger partial charge on any atom is 0.319 e. The first kappa shape index (κ1) is 13.9. The van der Waals surface area contributed by atoms with Gasteiger partial charge in [-0.15, -0.1) is 0 Å². The van der Waals surface area contributed by atoms with Crippen LogP contribution in [-0.4, -0.2) is 11.0 Å². The molecule has 0 unspecified atom stereocenters. The van der Waals surface area contributed by atoms with E-state index in [0.717, 1.165) is 17.7 Å². The fourth-order valence-corrected chi connectivity index (χ4v) is 1.47. The van der Waals surface area contributed by atoms with Crippen molar-refractivity contribution in [2.75, 3.05) is 5.32 Å². The maximum atomic E-state index is 13.3. The van der Waals surface area contributed by atoms with Crippen molar-refractivity contribution in [2.24, 2.45) is 0 Å². The minimum atomic E-state index is -1.63. The molecule has 2 rings (SSSR count). The second-order valence-corrected chi connectivity index (χ2v) is 3.89. The van der Waals surface area contributed by atoms with Gasteiger partial charge in [0.1, 0.15) is 0 Å². The summed E-state index contributed by atoms with van der Waals surface area (Å²) in [5.74, 6) is -4.38. The van der Waals surface area contributed by atoms with E-state index in [0.29, 0.717) is 0 Å². The third-order valence-corrected chi connectivity index (χ3v) is 2.49. The molecule has 0 fully saturated rings. The smallest absolute Gasteiger partial charge is 0.319 e. The van der Waals surface area contributed by atoms with Gasteiger partial charge in [0.15, 0.2) is 17.5 Å². The highest BCUT2D eigenvalue weighted by Crippen LogP contribution is 2.19. The summed E-state index contributed by atoms with van der Waals surface area (Å²) in [5.41, 5.74) is 0.358. The molecule has 0 atom stereocenters. The Balaban J connectivity index is 1.97. The molecule has 0 bridgehead atoms. The quantitative estimate of drug-likeness (QED) is 0.850. The number of aromatic nitrogens is 1. The van der Waals surface area contributed by atoms with Gasteiger partial charge in [-0.2, -0.15) is 0 Å². The Bertz CT molecular complexity index is 620. The van der Waals surface area contributed by atoms with Crippen LogP contribution in [0.15, 0.2) is 36.7 Å². The van der Waals surface area contributed by atoms with E-state index in [-0.39, 0.29) is 6.54 Å². The Morgan fingerprint density at radius 3 is 2.45 bits per heavy atom. The number of pyridine rings is 1. The fraction of sp³-hybridized carbons (Fsp3) is 0.0769. The van der Waals surface area contributed by atoms with E-state index < -0.39 is 29.2 Å². The first-order chi connectivity index (χ1) is 9.58. The number of nitrogens with zero attached hydrogens (tertiary/aromatic N) is 1. The van der Waals surface area contributed by atoms with E-state index >= 15 is 0 Å². The molecule has 0 saturated carbocycles. The Labute approximate surface area is 112 Å². The van der Waals surface area contributed by atoms with Crippen LogP contribution in [0.1, 0.15) is 5.56 Å². The van der Waals surface area contributed by atoms with Gasteiger partial charge >= 0.3 is 6.03 Å². The average molecular weight is 281 g/mol. The molecule has 7 heteroatoms. The number of carbonyl (C=O) groups is 1. The first-order valence-electron chi connectivity index (χ1n) is 5.65. The van der Waals surface area contributed by atoms with Crippen molar-refractivity contribution in [3.8, 4) is 0 Å². The van der Waals surface area contributed by atoms with Gasteiger partial charge in [0, 0.05) is 18.9 Å². The SMILES string of the molecule is O=C(NCc1ccncc1)Nc1ccc(F)c(F)c1F. The molecule has 20 heavy (non-hydrogen) atoms. The van der Waals surface area contributed by atoms with Crippen LogP contribution in [0.3, 0.4) is 0 Å². The molecule has 2 amide bonds. The zero-order valence-electron chi connectivity index (χ0n) is 10.2. The van der Waals surface area contributed by atoms with Crippen molar-refractivity contribution in [1.29, 1.82) is 0 Å². The second kappa shape index (κ2) is 6.05. The summed E-state index contributed by atoms with van der Waals surface area (Å²) >= 11 is 0. The third kappa shape index (κ3) is 3.25. The number of hydrogen-bond donors (Lipinski definition) is 2. The van der Waals surface area contributed by atoms with Crippen molar-refractivity contribution in [1.82, 2.24) is 10.3 Å². The Morgan fingerprint density at radius 2 is 1.75 bits per heavy atom. The topological polar surface area (TPSA) is 54.0 Å². The Morgan fingerprint density at radius 1 is 1.05 bits per heavy atom. The van der Waals surface area contributed by atoms with Crippen LogP contribution in [0, 0.1) is 17.5 Å². The second-order valence-electron chi connectivity index (χ2n) is 3.89. The summed E-state index contributed by atoms with van der Waals surface area (Å²) in [6, 6.07) is 4.33. The molecule has 0 aliphatic carbocycles. The Kier molecular flexibility index (Phi) is 4.19. The lowest BCUT2D eigenvalue weighted by Crippen LogP contribution is -2.28. The third-order valence-electron chi connectivity index (χ3n) is 2.49. The van der Waals surface area contributed by atoms with Crippen molar-refractivity contribution in [2.45, 2.75) is 6.54 Å². The molecule has 1 aromatic heterocycles. The zero-order valence-corrected chi connectivity index (χ0v) is 10.2. The molecule has 0 saturated heterocycles. The first-order valence-corrected chi connectivity index (χ1v) is 5.65. The summed E-state index contributed by atoms with van der Waals surface area (Å²) in [5, 5.41) is 4.55. The van der Waals surface area contributed by atoms with Gasteiger partial charge in [0.25, 0.3) is 0 Å². The monoisotopic (exact) mass is 281 g/mol. The lowest BCUT2D eigenvalue weighted by molar-refractivity contribution is 0.251. The van der Waals surface area contributed by atoms with E-state index in [1.807, 2.05) is 0 Å². The minimum absolute atomic E-state index is 0.194. The van der Waals surface area contributed by atoms with E-state index in [2.05, 4.69) is 15.6 Å². The van der Waals surface area contributed by atoms with Crippen molar-refractivity contribution < 1.29 is 18.0 Å². The van der Waals surface area contributed by atoms with Gasteiger partial charge < -0.3 is 10.6 Å². The normalized spacial score (nSPS) is 10.2. The molecule has 1 aromatic carbocycles. The standard InChI is InChI=1S/C13H10F3N3O/c14-9-1-2-10(12(16)11(9)15)19-13(20)18-7-8-3-5-17-6-4-8/h1-6H,7H2,(H2,18,19,20). The van der Waals surface area contributed by atoms with Gasteiger partial charge in [-0.1, -0.05) is 0 Å². The largest absolute Gasteiger partial charge is 0.334 e. The maximum absolute atomic E-state index is 13.3. The summed E-state index contributed by atoms with van der Waals surface area (Å²) in [7, 11) is 0. The van der Waals surface area contributed by atoms with Gasteiger partial charge in [0.05, 0.1) is 5.69 Å². The minimum Gasteiger partial charge on any atom is -0.334 e. The van der Waals surface area contributed by atoms with Gasteiger partial charge in [0.2, 0.25) is 0 Å². The Hall–Kier alpha value is -2.57. The number of benzene rings is 1. The molecule has 0 spiro atoms. The van der Waals surface area contributed by atoms with Crippen molar-refractivity contribution in [3.63, 3.8) is 0 Å². The number of nitrogens with one attached hydrogen (secondary N) is 2. The number of rotatable bonds is 3. The zero-order chi connectivity index (χ0) is 14.5. The molecular weight excluding hydrogens is 271 g/mol. The molecule has 104 valence electrons. The fourth-order valence-electron chi connectivity index (χ4n) is 1.47. The molecule has 4 nitrogen and oxygen atoms in total. The van der Waals surface area contributed by atoms with Crippen LogP contribution in [0.2, 0.25) is 0 Å². The highest BCUT2D eigenvalue weighted by Gasteiger charge is 2.14. The molecule has 0 aliphatic rings. The number of halogens is 3. The lowest BCUT2D eigenvalue weighted by atomic mass is 10.2. The average Bonchev–Trinajstić information content (AvgIpc) is 2.47. The molecule has 2 N–H and O–H groups in total. The van der Waals surface area contributed by atoms with E-state index in [4.69, 9.17) is 0 Å². The van der Waals surface area contributed by atoms with Crippen LogP contribution in [0.5, 0.6) is 0 Å². The van der Waals surface area contributed by atoms with Gasteiger partial charge in [-0.3, -0.25) is 4.98 Å². The van der Waals surface area contributed by atoms with Crippen molar-refractivity contribution >= 4 is 11.7 Å². The van der Waals surface area contributed by atoms with Gasteiger partial charge in [-0.25, -0.2) is 18.0 Å². The van der Waals surface area contributed by atoms with Gasteiger partial charge in [-0.05, 0) is 29.8 Å². The summed E-state index contributed by atoms with van der Waals surface area (Å²) in [4.78, 5) is 15.3. The number of amides is 2. The van der Waals surface area contributed by atoms with Crippen LogP contribution in [0.4, 0.5) is 23.7 Å². The summed E-state index contributed by atoms with van der Waals surface area (Å²) < 4.78 is 39.0. The number of anilines is 1. The molecular formula is C13H10F3N3O. The molecule has 2 aromatic rings.